The van der Waals surface area contributed by atoms with Crippen LogP contribution >= 0.6 is 12.4 Å². The summed E-state index contributed by atoms with van der Waals surface area (Å²) in [6.45, 7) is 4.01. The summed E-state index contributed by atoms with van der Waals surface area (Å²) in [7, 11) is 0. The maximum Gasteiger partial charge on any atom is 0.293 e. The SMILES string of the molecule is C[C@@H]1CNCCN1C(=O)c1ccc(Nc2ccccc2)c([N+](=O)[O-])c1.Cl. The molecule has 2 aromatic rings. The molecule has 1 aliphatic heterocycles. The molecule has 1 atom stereocenters. The van der Waals surface area contributed by atoms with Gasteiger partial charge in [-0.25, -0.2) is 0 Å². The summed E-state index contributed by atoms with van der Waals surface area (Å²) in [6, 6.07) is 13.8. The quantitative estimate of drug-likeness (QED) is 0.632. The molecule has 3 rings (SSSR count). The van der Waals surface area contributed by atoms with Gasteiger partial charge in [0.25, 0.3) is 11.6 Å². The average Bonchev–Trinajstić information content (AvgIpc) is 2.62. The highest BCUT2D eigenvalue weighted by molar-refractivity contribution is 5.96. The topological polar surface area (TPSA) is 87.5 Å². The molecule has 2 aromatic carbocycles. The number of nitrogens with one attached hydrogen (secondary N) is 2. The van der Waals surface area contributed by atoms with E-state index in [4.69, 9.17) is 0 Å². The van der Waals surface area contributed by atoms with Crippen molar-refractivity contribution in [1.82, 2.24) is 10.2 Å². The third-order valence-electron chi connectivity index (χ3n) is 4.26. The summed E-state index contributed by atoms with van der Waals surface area (Å²) in [5, 5.41) is 17.7. The van der Waals surface area contributed by atoms with Gasteiger partial charge >= 0.3 is 0 Å². The van der Waals surface area contributed by atoms with Crippen molar-refractivity contribution in [1.29, 1.82) is 0 Å². The van der Waals surface area contributed by atoms with Crippen molar-refractivity contribution in [3.8, 4) is 0 Å². The lowest BCUT2D eigenvalue weighted by Gasteiger charge is -2.34. The van der Waals surface area contributed by atoms with Crippen LogP contribution in [0.25, 0.3) is 0 Å². The molecular weight excluding hydrogens is 356 g/mol. The molecule has 1 aliphatic rings. The number of carbonyl (C=O) groups excluding carboxylic acids is 1. The molecule has 0 aromatic heterocycles. The third kappa shape index (κ3) is 4.30. The van der Waals surface area contributed by atoms with E-state index < -0.39 is 4.92 Å². The highest BCUT2D eigenvalue weighted by Gasteiger charge is 2.26. The number of para-hydroxylation sites is 1. The summed E-state index contributed by atoms with van der Waals surface area (Å²) < 4.78 is 0. The second kappa shape index (κ2) is 8.64. The highest BCUT2D eigenvalue weighted by atomic mass is 35.5. The molecule has 138 valence electrons. The molecule has 0 aliphatic carbocycles. The van der Waals surface area contributed by atoms with E-state index in [9.17, 15) is 14.9 Å². The Morgan fingerprint density at radius 2 is 2.00 bits per heavy atom. The fourth-order valence-electron chi connectivity index (χ4n) is 2.91. The number of anilines is 2. The summed E-state index contributed by atoms with van der Waals surface area (Å²) in [4.78, 5) is 25.4. The van der Waals surface area contributed by atoms with Crippen molar-refractivity contribution in [3.63, 3.8) is 0 Å². The molecule has 2 N–H and O–H groups in total. The molecule has 0 saturated carbocycles. The second-order valence-electron chi connectivity index (χ2n) is 6.03. The fourth-order valence-corrected chi connectivity index (χ4v) is 2.91. The Morgan fingerprint density at radius 3 is 2.65 bits per heavy atom. The van der Waals surface area contributed by atoms with Crippen molar-refractivity contribution in [2.75, 3.05) is 25.0 Å². The van der Waals surface area contributed by atoms with Crippen LogP contribution in [-0.4, -0.2) is 41.4 Å². The smallest absolute Gasteiger partial charge is 0.293 e. The molecule has 0 unspecified atom stereocenters. The average molecular weight is 377 g/mol. The largest absolute Gasteiger partial charge is 0.350 e. The van der Waals surface area contributed by atoms with Gasteiger partial charge in [-0.2, -0.15) is 0 Å². The Kier molecular flexibility index (Phi) is 6.54. The molecular formula is C18H21ClN4O3. The Morgan fingerprint density at radius 1 is 1.27 bits per heavy atom. The number of amides is 1. The first-order valence-electron chi connectivity index (χ1n) is 8.18. The number of piperazine rings is 1. The van der Waals surface area contributed by atoms with Crippen molar-refractivity contribution in [2.45, 2.75) is 13.0 Å². The molecule has 1 saturated heterocycles. The zero-order chi connectivity index (χ0) is 17.8. The Hall–Kier alpha value is -2.64. The maximum absolute atomic E-state index is 12.7. The van der Waals surface area contributed by atoms with E-state index in [0.29, 0.717) is 17.8 Å². The fraction of sp³-hybridized carbons (Fsp3) is 0.278. The second-order valence-corrected chi connectivity index (χ2v) is 6.03. The van der Waals surface area contributed by atoms with E-state index in [-0.39, 0.29) is 30.0 Å². The lowest BCUT2D eigenvalue weighted by Crippen LogP contribution is -2.52. The summed E-state index contributed by atoms with van der Waals surface area (Å²) in [5.74, 6) is -0.177. The molecule has 1 fully saturated rings. The Bertz CT molecular complexity index is 785. The van der Waals surface area contributed by atoms with Crippen LogP contribution in [0, 0.1) is 10.1 Å². The van der Waals surface area contributed by atoms with Crippen LogP contribution in [0.4, 0.5) is 17.1 Å². The lowest BCUT2D eigenvalue weighted by molar-refractivity contribution is -0.383. The number of carbonyl (C=O) groups is 1. The van der Waals surface area contributed by atoms with Gasteiger partial charge in [0.1, 0.15) is 5.69 Å². The van der Waals surface area contributed by atoms with Gasteiger partial charge in [0, 0.05) is 43.0 Å². The standard InChI is InChI=1S/C18H20N4O3.ClH/c1-13-12-19-9-10-21(13)18(23)14-7-8-16(17(11-14)22(24)25)20-15-5-3-2-4-6-15;/h2-8,11,13,19-20H,9-10,12H2,1H3;1H/t13-;/m1./s1. The summed E-state index contributed by atoms with van der Waals surface area (Å²) in [5.41, 5.74) is 1.33. The lowest BCUT2D eigenvalue weighted by atomic mass is 10.1. The number of benzene rings is 2. The van der Waals surface area contributed by atoms with Crippen LogP contribution in [0.2, 0.25) is 0 Å². The molecule has 0 radical (unpaired) electrons. The van der Waals surface area contributed by atoms with E-state index in [2.05, 4.69) is 10.6 Å². The van der Waals surface area contributed by atoms with Crippen molar-refractivity contribution < 1.29 is 9.72 Å². The van der Waals surface area contributed by atoms with Crippen LogP contribution in [0.1, 0.15) is 17.3 Å². The van der Waals surface area contributed by atoms with E-state index in [1.165, 1.54) is 6.07 Å². The first kappa shape index (κ1) is 19.7. The first-order chi connectivity index (χ1) is 12.1. The minimum Gasteiger partial charge on any atom is -0.350 e. The highest BCUT2D eigenvalue weighted by Crippen LogP contribution is 2.29. The number of hydrogen-bond donors (Lipinski definition) is 2. The van der Waals surface area contributed by atoms with Crippen molar-refractivity contribution >= 4 is 35.4 Å². The molecule has 1 amide bonds. The van der Waals surface area contributed by atoms with Crippen LogP contribution in [0.3, 0.4) is 0 Å². The van der Waals surface area contributed by atoms with Gasteiger partial charge in [-0.1, -0.05) is 18.2 Å². The molecule has 26 heavy (non-hydrogen) atoms. The maximum atomic E-state index is 12.7. The van der Waals surface area contributed by atoms with Gasteiger partial charge in [0.15, 0.2) is 0 Å². The number of nitro benzene ring substituents is 1. The van der Waals surface area contributed by atoms with Gasteiger partial charge in [-0.3, -0.25) is 14.9 Å². The normalized spacial score (nSPS) is 16.5. The molecule has 0 bridgehead atoms. The minimum atomic E-state index is -0.469. The summed E-state index contributed by atoms with van der Waals surface area (Å²) >= 11 is 0. The van der Waals surface area contributed by atoms with Crippen LogP contribution in [-0.2, 0) is 0 Å². The number of halogens is 1. The number of rotatable bonds is 4. The van der Waals surface area contributed by atoms with Gasteiger partial charge in [-0.15, -0.1) is 12.4 Å². The third-order valence-corrected chi connectivity index (χ3v) is 4.26. The predicted octanol–water partition coefficient (Wildman–Crippen LogP) is 3.19. The summed E-state index contributed by atoms with van der Waals surface area (Å²) in [6.07, 6.45) is 0. The number of hydrogen-bond acceptors (Lipinski definition) is 5. The zero-order valence-corrected chi connectivity index (χ0v) is 15.2. The van der Waals surface area contributed by atoms with Crippen LogP contribution in [0.15, 0.2) is 48.5 Å². The van der Waals surface area contributed by atoms with Gasteiger partial charge in [-0.05, 0) is 31.2 Å². The molecule has 1 heterocycles. The van der Waals surface area contributed by atoms with E-state index in [1.807, 2.05) is 37.3 Å². The first-order valence-corrected chi connectivity index (χ1v) is 8.18. The van der Waals surface area contributed by atoms with Crippen LogP contribution < -0.4 is 10.6 Å². The van der Waals surface area contributed by atoms with Gasteiger partial charge < -0.3 is 15.5 Å². The van der Waals surface area contributed by atoms with Gasteiger partial charge in [0.2, 0.25) is 0 Å². The zero-order valence-electron chi connectivity index (χ0n) is 14.3. The van der Waals surface area contributed by atoms with E-state index in [0.717, 1.165) is 18.8 Å². The molecule has 8 heteroatoms. The minimum absolute atomic E-state index is 0. The number of nitrogens with zero attached hydrogens (tertiary/aromatic N) is 2. The predicted molar refractivity (Wildman–Crippen MR) is 103 cm³/mol. The van der Waals surface area contributed by atoms with Crippen LogP contribution in [0.5, 0.6) is 0 Å². The van der Waals surface area contributed by atoms with E-state index >= 15 is 0 Å². The Labute approximate surface area is 157 Å². The van der Waals surface area contributed by atoms with Crippen molar-refractivity contribution in [3.05, 3.63) is 64.2 Å². The van der Waals surface area contributed by atoms with E-state index in [1.54, 1.807) is 17.0 Å². The van der Waals surface area contributed by atoms with Crippen molar-refractivity contribution in [2.24, 2.45) is 0 Å². The monoisotopic (exact) mass is 376 g/mol. The number of nitro groups is 1. The molecule has 7 nitrogen and oxygen atoms in total. The Balaban J connectivity index is 0.00000243. The molecule has 0 spiro atoms. The van der Waals surface area contributed by atoms with Gasteiger partial charge in [0.05, 0.1) is 4.92 Å².